The van der Waals surface area contributed by atoms with Gasteiger partial charge in [0.05, 0.1) is 19.3 Å². The Morgan fingerprint density at radius 1 is 1.48 bits per heavy atom. The summed E-state index contributed by atoms with van der Waals surface area (Å²) in [5.74, 6) is 2.23. The molecular weight excluding hydrogens is 383 g/mol. The second-order valence-corrected chi connectivity index (χ2v) is 5.79. The molecule has 1 heterocycles. The molecule has 7 heteroatoms. The highest BCUT2D eigenvalue weighted by molar-refractivity contribution is 14.0. The molecule has 0 saturated heterocycles. The first-order valence-corrected chi connectivity index (χ1v) is 6.78. The molecule has 21 heavy (non-hydrogen) atoms. The number of nitrogens with zero attached hydrogens (tertiary/aromatic N) is 2. The van der Waals surface area contributed by atoms with E-state index < -0.39 is 0 Å². The first-order chi connectivity index (χ1) is 9.36. The number of nitrogens with one attached hydrogen (secondary N) is 2. The number of aromatic nitrogens is 1. The Balaban J connectivity index is 0.00000400. The molecule has 0 saturated carbocycles. The van der Waals surface area contributed by atoms with E-state index in [1.54, 1.807) is 20.4 Å². The molecular formula is C14H27IN4O2. The number of ether oxygens (including phenoxy) is 1. The van der Waals surface area contributed by atoms with E-state index in [1.165, 1.54) is 0 Å². The van der Waals surface area contributed by atoms with E-state index in [0.717, 1.165) is 5.76 Å². The van der Waals surface area contributed by atoms with Gasteiger partial charge < -0.3 is 19.8 Å². The van der Waals surface area contributed by atoms with Crippen LogP contribution in [0.25, 0.3) is 0 Å². The second-order valence-electron chi connectivity index (χ2n) is 5.79. The second kappa shape index (κ2) is 9.24. The van der Waals surface area contributed by atoms with E-state index in [4.69, 9.17) is 9.15 Å². The quantitative estimate of drug-likeness (QED) is 0.443. The smallest absolute Gasteiger partial charge is 0.213 e. The zero-order chi connectivity index (χ0) is 15.2. The lowest BCUT2D eigenvalue weighted by molar-refractivity contribution is 0.179. The van der Waals surface area contributed by atoms with Crippen molar-refractivity contribution in [3.63, 3.8) is 0 Å². The SMILES string of the molecule is CN=C(NCc1ncc(C(C)(C)C)o1)NC(C)COC.I. The third-order valence-corrected chi connectivity index (χ3v) is 2.72. The van der Waals surface area contributed by atoms with Gasteiger partial charge in [0.2, 0.25) is 5.89 Å². The largest absolute Gasteiger partial charge is 0.443 e. The fraction of sp³-hybridized carbons (Fsp3) is 0.714. The van der Waals surface area contributed by atoms with Crippen LogP contribution in [0.1, 0.15) is 39.3 Å². The van der Waals surface area contributed by atoms with Crippen molar-refractivity contribution in [2.24, 2.45) is 4.99 Å². The molecule has 0 fully saturated rings. The topological polar surface area (TPSA) is 71.7 Å². The summed E-state index contributed by atoms with van der Waals surface area (Å²) >= 11 is 0. The van der Waals surface area contributed by atoms with Crippen LogP contribution in [0.2, 0.25) is 0 Å². The van der Waals surface area contributed by atoms with Gasteiger partial charge in [0, 0.05) is 25.6 Å². The Kier molecular flexibility index (Phi) is 8.88. The van der Waals surface area contributed by atoms with E-state index in [-0.39, 0.29) is 35.4 Å². The van der Waals surface area contributed by atoms with Gasteiger partial charge in [-0.15, -0.1) is 24.0 Å². The minimum Gasteiger partial charge on any atom is -0.443 e. The Hall–Kier alpha value is -0.830. The summed E-state index contributed by atoms with van der Waals surface area (Å²) in [6.45, 7) is 9.43. The molecule has 6 nitrogen and oxygen atoms in total. The molecule has 0 aliphatic heterocycles. The Labute approximate surface area is 144 Å². The van der Waals surface area contributed by atoms with Crippen LogP contribution >= 0.6 is 24.0 Å². The van der Waals surface area contributed by atoms with Gasteiger partial charge >= 0.3 is 0 Å². The van der Waals surface area contributed by atoms with E-state index >= 15 is 0 Å². The number of guanidine groups is 1. The summed E-state index contributed by atoms with van der Waals surface area (Å²) in [5, 5.41) is 6.39. The fourth-order valence-electron chi connectivity index (χ4n) is 1.62. The van der Waals surface area contributed by atoms with Gasteiger partial charge in [-0.2, -0.15) is 0 Å². The number of aliphatic imine (C=N–C) groups is 1. The number of methoxy groups -OCH3 is 1. The molecule has 0 amide bonds. The van der Waals surface area contributed by atoms with Crippen molar-refractivity contribution >= 4 is 29.9 Å². The summed E-state index contributed by atoms with van der Waals surface area (Å²) in [7, 11) is 3.40. The van der Waals surface area contributed by atoms with Gasteiger partial charge in [0.1, 0.15) is 5.76 Å². The third-order valence-electron chi connectivity index (χ3n) is 2.72. The summed E-state index contributed by atoms with van der Waals surface area (Å²) in [6, 6.07) is 0.181. The standard InChI is InChI=1S/C14H26N4O2.HI/c1-10(9-19-6)18-13(15-5)17-8-12-16-7-11(20-12)14(2,3)4;/h7,10H,8-9H2,1-6H3,(H2,15,17,18);1H. The average Bonchev–Trinajstić information content (AvgIpc) is 2.83. The molecule has 1 rings (SSSR count). The molecule has 0 bridgehead atoms. The fourth-order valence-corrected chi connectivity index (χ4v) is 1.62. The molecule has 0 spiro atoms. The van der Waals surface area contributed by atoms with Crippen LogP contribution in [0, 0.1) is 0 Å². The van der Waals surface area contributed by atoms with Gasteiger partial charge in [-0.05, 0) is 6.92 Å². The first-order valence-electron chi connectivity index (χ1n) is 6.78. The molecule has 122 valence electrons. The van der Waals surface area contributed by atoms with Gasteiger partial charge in [-0.3, -0.25) is 4.99 Å². The van der Waals surface area contributed by atoms with Crippen LogP contribution in [-0.4, -0.2) is 37.7 Å². The number of oxazole rings is 1. The predicted molar refractivity (Wildman–Crippen MR) is 95.3 cm³/mol. The van der Waals surface area contributed by atoms with Crippen LogP contribution in [0.5, 0.6) is 0 Å². The van der Waals surface area contributed by atoms with Crippen LogP contribution in [0.4, 0.5) is 0 Å². The van der Waals surface area contributed by atoms with Crippen molar-refractivity contribution in [2.45, 2.75) is 45.7 Å². The highest BCUT2D eigenvalue weighted by atomic mass is 127. The normalized spacial score (nSPS) is 13.5. The lowest BCUT2D eigenvalue weighted by atomic mass is 9.94. The Bertz CT molecular complexity index is 440. The number of halogens is 1. The number of rotatable bonds is 5. The number of hydrogen-bond donors (Lipinski definition) is 2. The van der Waals surface area contributed by atoms with Crippen molar-refractivity contribution in [2.75, 3.05) is 20.8 Å². The Morgan fingerprint density at radius 3 is 2.62 bits per heavy atom. The lowest BCUT2D eigenvalue weighted by Crippen LogP contribution is -2.43. The summed E-state index contributed by atoms with van der Waals surface area (Å²) < 4.78 is 10.8. The van der Waals surface area contributed by atoms with Gasteiger partial charge in [-0.25, -0.2) is 4.98 Å². The van der Waals surface area contributed by atoms with Crippen molar-refractivity contribution in [1.29, 1.82) is 0 Å². The van der Waals surface area contributed by atoms with Crippen LogP contribution in [0.3, 0.4) is 0 Å². The van der Waals surface area contributed by atoms with Crippen molar-refractivity contribution in [3.05, 3.63) is 17.8 Å². The van der Waals surface area contributed by atoms with E-state index in [0.29, 0.717) is 25.0 Å². The first kappa shape index (κ1) is 20.2. The summed E-state index contributed by atoms with van der Waals surface area (Å²) in [6.07, 6.45) is 1.78. The van der Waals surface area contributed by atoms with E-state index in [1.807, 2.05) is 6.92 Å². The van der Waals surface area contributed by atoms with Gasteiger partial charge in [0.25, 0.3) is 0 Å². The van der Waals surface area contributed by atoms with E-state index in [9.17, 15) is 0 Å². The molecule has 1 aromatic rings. The average molecular weight is 410 g/mol. The molecule has 0 aromatic carbocycles. The summed E-state index contributed by atoms with van der Waals surface area (Å²) in [4.78, 5) is 8.42. The zero-order valence-corrected chi connectivity index (χ0v) is 16.0. The van der Waals surface area contributed by atoms with Crippen LogP contribution in [-0.2, 0) is 16.7 Å². The monoisotopic (exact) mass is 410 g/mol. The highest BCUT2D eigenvalue weighted by Gasteiger charge is 2.19. The molecule has 1 aromatic heterocycles. The zero-order valence-electron chi connectivity index (χ0n) is 13.7. The maximum atomic E-state index is 5.71. The molecule has 2 N–H and O–H groups in total. The summed E-state index contributed by atoms with van der Waals surface area (Å²) in [5.41, 5.74) is -0.0296. The van der Waals surface area contributed by atoms with Crippen LogP contribution in [0.15, 0.2) is 15.6 Å². The van der Waals surface area contributed by atoms with Gasteiger partial charge in [-0.1, -0.05) is 20.8 Å². The lowest BCUT2D eigenvalue weighted by Gasteiger charge is -2.16. The molecule has 1 atom stereocenters. The van der Waals surface area contributed by atoms with Crippen molar-refractivity contribution < 1.29 is 9.15 Å². The highest BCUT2D eigenvalue weighted by Crippen LogP contribution is 2.22. The maximum absolute atomic E-state index is 5.71. The Morgan fingerprint density at radius 2 is 2.14 bits per heavy atom. The van der Waals surface area contributed by atoms with Crippen molar-refractivity contribution in [1.82, 2.24) is 15.6 Å². The molecule has 1 unspecified atom stereocenters. The van der Waals surface area contributed by atoms with Crippen LogP contribution < -0.4 is 10.6 Å². The molecule has 0 aliphatic rings. The maximum Gasteiger partial charge on any atom is 0.213 e. The predicted octanol–water partition coefficient (Wildman–Crippen LogP) is 2.29. The number of hydrogen-bond acceptors (Lipinski definition) is 4. The minimum absolute atomic E-state index is 0. The molecule has 0 aliphatic carbocycles. The minimum atomic E-state index is -0.0296. The molecule has 0 radical (unpaired) electrons. The van der Waals surface area contributed by atoms with Gasteiger partial charge in [0.15, 0.2) is 5.96 Å². The van der Waals surface area contributed by atoms with E-state index in [2.05, 4.69) is 41.4 Å². The van der Waals surface area contributed by atoms with Crippen molar-refractivity contribution in [3.8, 4) is 0 Å². The third kappa shape index (κ3) is 7.12.